The van der Waals surface area contributed by atoms with Gasteiger partial charge in [-0.1, -0.05) is 17.7 Å². The Hall–Kier alpha value is -2.27. The summed E-state index contributed by atoms with van der Waals surface area (Å²) in [6, 6.07) is 7.86. The molecule has 0 saturated carbocycles. The lowest BCUT2D eigenvalue weighted by Gasteiger charge is -2.09. The first-order chi connectivity index (χ1) is 8.99. The molecule has 0 saturated heterocycles. The van der Waals surface area contributed by atoms with E-state index < -0.39 is 11.9 Å². The number of aromatic carboxylic acids is 1. The summed E-state index contributed by atoms with van der Waals surface area (Å²) in [6.07, 6.45) is 1.65. The zero-order valence-electron chi connectivity index (χ0n) is 9.84. The molecule has 0 unspecified atom stereocenters. The van der Waals surface area contributed by atoms with Crippen LogP contribution in [0.4, 0.5) is 0 Å². The van der Waals surface area contributed by atoms with E-state index in [1.807, 2.05) is 0 Å². The number of aromatic nitrogens is 1. The number of hydrogen-bond acceptors (Lipinski definition) is 2. The molecule has 5 nitrogen and oxygen atoms in total. The average molecular weight is 279 g/mol. The van der Waals surface area contributed by atoms with Crippen LogP contribution in [0.2, 0.25) is 5.02 Å². The predicted molar refractivity (Wildman–Crippen MR) is 70.5 cm³/mol. The van der Waals surface area contributed by atoms with Crippen LogP contribution in [0, 0.1) is 0 Å². The molecule has 0 spiro atoms. The Bertz CT molecular complexity index is 649. The summed E-state index contributed by atoms with van der Waals surface area (Å²) in [7, 11) is 0. The van der Waals surface area contributed by atoms with Gasteiger partial charge in [0.25, 0.3) is 0 Å². The van der Waals surface area contributed by atoms with Gasteiger partial charge in [-0.3, -0.25) is 4.79 Å². The zero-order chi connectivity index (χ0) is 14.0. The second kappa shape index (κ2) is 5.16. The Morgan fingerprint density at radius 1 is 1.32 bits per heavy atom. The number of carbonyl (C=O) groups excluding carboxylic acids is 1. The molecule has 1 heterocycles. The quantitative estimate of drug-likeness (QED) is 0.897. The molecule has 6 heteroatoms. The van der Waals surface area contributed by atoms with Gasteiger partial charge < -0.3 is 15.4 Å². The molecule has 0 aliphatic rings. The van der Waals surface area contributed by atoms with Crippen molar-refractivity contribution in [1.29, 1.82) is 0 Å². The van der Waals surface area contributed by atoms with Crippen molar-refractivity contribution in [3.63, 3.8) is 0 Å². The topological polar surface area (TPSA) is 85.3 Å². The van der Waals surface area contributed by atoms with Crippen molar-refractivity contribution < 1.29 is 14.7 Å². The van der Waals surface area contributed by atoms with Gasteiger partial charge in [-0.25, -0.2) is 4.79 Å². The van der Waals surface area contributed by atoms with Crippen LogP contribution in [0.15, 0.2) is 36.5 Å². The maximum absolute atomic E-state index is 11.0. The normalized spacial score (nSPS) is 10.4. The lowest BCUT2D eigenvalue weighted by Crippen LogP contribution is -2.12. The van der Waals surface area contributed by atoms with E-state index >= 15 is 0 Å². The summed E-state index contributed by atoms with van der Waals surface area (Å²) in [5.41, 5.74) is 6.36. The van der Waals surface area contributed by atoms with Crippen LogP contribution in [-0.2, 0) is 6.54 Å². The van der Waals surface area contributed by atoms with Crippen molar-refractivity contribution in [2.45, 2.75) is 6.54 Å². The molecule has 2 rings (SSSR count). The Balaban J connectivity index is 2.31. The van der Waals surface area contributed by atoms with Gasteiger partial charge in [-0.05, 0) is 29.8 Å². The zero-order valence-corrected chi connectivity index (χ0v) is 10.6. The number of amides is 1. The number of halogens is 1. The van der Waals surface area contributed by atoms with Crippen molar-refractivity contribution in [3.05, 3.63) is 58.4 Å². The second-order valence-electron chi connectivity index (χ2n) is 4.00. The van der Waals surface area contributed by atoms with Gasteiger partial charge in [0.05, 0.1) is 0 Å². The molecule has 0 aliphatic heterocycles. The van der Waals surface area contributed by atoms with Gasteiger partial charge in [0.15, 0.2) is 0 Å². The van der Waals surface area contributed by atoms with Crippen LogP contribution in [-0.4, -0.2) is 21.6 Å². The summed E-state index contributed by atoms with van der Waals surface area (Å²) in [6.45, 7) is 0.312. The number of carboxylic acids is 1. The van der Waals surface area contributed by atoms with Crippen LogP contribution in [0.1, 0.15) is 26.4 Å². The predicted octanol–water partition coefficient (Wildman–Crippen LogP) is 1.99. The number of benzene rings is 1. The molecule has 1 amide bonds. The van der Waals surface area contributed by atoms with Gasteiger partial charge in [0, 0.05) is 23.3 Å². The maximum Gasteiger partial charge on any atom is 0.352 e. The number of carbonyl (C=O) groups is 2. The Morgan fingerprint density at radius 2 is 2.05 bits per heavy atom. The van der Waals surface area contributed by atoms with Crippen molar-refractivity contribution in [1.82, 2.24) is 4.57 Å². The van der Waals surface area contributed by atoms with Crippen LogP contribution in [0.25, 0.3) is 0 Å². The molecule has 0 fully saturated rings. The van der Waals surface area contributed by atoms with E-state index in [0.717, 1.165) is 0 Å². The fraction of sp³-hybridized carbons (Fsp3) is 0.0769. The molecule has 19 heavy (non-hydrogen) atoms. The van der Waals surface area contributed by atoms with Crippen molar-refractivity contribution in [3.8, 4) is 0 Å². The van der Waals surface area contributed by atoms with E-state index in [1.54, 1.807) is 29.0 Å². The number of nitrogens with two attached hydrogens (primary N) is 1. The van der Waals surface area contributed by atoms with Crippen LogP contribution >= 0.6 is 11.6 Å². The van der Waals surface area contributed by atoms with E-state index in [2.05, 4.69) is 0 Å². The Kier molecular flexibility index (Phi) is 3.57. The van der Waals surface area contributed by atoms with Crippen LogP contribution in [0.3, 0.4) is 0 Å². The molecular formula is C13H11ClN2O3. The molecule has 0 atom stereocenters. The highest BCUT2D eigenvalue weighted by Crippen LogP contribution is 2.20. The second-order valence-corrected chi connectivity index (χ2v) is 4.40. The third-order valence-electron chi connectivity index (χ3n) is 2.73. The monoisotopic (exact) mass is 278 g/mol. The fourth-order valence-electron chi connectivity index (χ4n) is 1.76. The highest BCUT2D eigenvalue weighted by atomic mass is 35.5. The van der Waals surface area contributed by atoms with Crippen LogP contribution in [0.5, 0.6) is 0 Å². The van der Waals surface area contributed by atoms with Gasteiger partial charge in [0.1, 0.15) is 5.69 Å². The highest BCUT2D eigenvalue weighted by Gasteiger charge is 2.11. The molecule has 1 aromatic carbocycles. The van der Waals surface area contributed by atoms with Crippen molar-refractivity contribution in [2.24, 2.45) is 5.73 Å². The van der Waals surface area contributed by atoms with Gasteiger partial charge >= 0.3 is 5.97 Å². The maximum atomic E-state index is 11.0. The van der Waals surface area contributed by atoms with Crippen LogP contribution < -0.4 is 5.73 Å². The number of nitrogens with zero attached hydrogens (tertiary/aromatic N) is 1. The number of rotatable bonds is 4. The molecular weight excluding hydrogens is 268 g/mol. The lowest BCUT2D eigenvalue weighted by atomic mass is 10.1. The van der Waals surface area contributed by atoms with E-state index in [0.29, 0.717) is 22.7 Å². The molecule has 3 N–H and O–H groups in total. The minimum absolute atomic E-state index is 0.176. The summed E-state index contributed by atoms with van der Waals surface area (Å²) in [5, 5.41) is 9.38. The summed E-state index contributed by atoms with van der Waals surface area (Å²) >= 11 is 6.05. The van der Waals surface area contributed by atoms with E-state index in [4.69, 9.17) is 22.4 Å². The smallest absolute Gasteiger partial charge is 0.352 e. The largest absolute Gasteiger partial charge is 0.477 e. The summed E-state index contributed by atoms with van der Waals surface area (Å²) in [4.78, 5) is 22.0. The third kappa shape index (κ3) is 2.77. The SMILES string of the molecule is NC(=O)c1ccc(Cn2cccc2C(=O)O)c(Cl)c1. The summed E-state index contributed by atoms with van der Waals surface area (Å²) < 4.78 is 1.56. The minimum atomic E-state index is -1.00. The van der Waals surface area contributed by atoms with Gasteiger partial charge in [0.2, 0.25) is 5.91 Å². The van der Waals surface area contributed by atoms with E-state index in [-0.39, 0.29) is 5.69 Å². The van der Waals surface area contributed by atoms with E-state index in [9.17, 15) is 9.59 Å². The van der Waals surface area contributed by atoms with Gasteiger partial charge in [-0.15, -0.1) is 0 Å². The molecule has 98 valence electrons. The molecule has 0 aliphatic carbocycles. The average Bonchev–Trinajstić information content (AvgIpc) is 2.79. The number of carboxylic acid groups (broad SMARTS) is 1. The Morgan fingerprint density at radius 3 is 2.63 bits per heavy atom. The first-order valence-corrected chi connectivity index (χ1v) is 5.83. The van der Waals surface area contributed by atoms with Crippen molar-refractivity contribution in [2.75, 3.05) is 0 Å². The lowest BCUT2D eigenvalue weighted by molar-refractivity contribution is 0.0685. The first kappa shape index (κ1) is 13.2. The highest BCUT2D eigenvalue weighted by molar-refractivity contribution is 6.31. The molecule has 1 aromatic heterocycles. The molecule has 2 aromatic rings. The van der Waals surface area contributed by atoms with E-state index in [1.165, 1.54) is 12.1 Å². The van der Waals surface area contributed by atoms with Gasteiger partial charge in [-0.2, -0.15) is 0 Å². The molecule has 0 bridgehead atoms. The molecule has 0 radical (unpaired) electrons. The van der Waals surface area contributed by atoms with Crippen molar-refractivity contribution >= 4 is 23.5 Å². The fourth-order valence-corrected chi connectivity index (χ4v) is 2.00. The number of primary amides is 1. The standard InChI is InChI=1S/C13H11ClN2O3/c14-10-6-8(12(15)17)3-4-9(10)7-16-5-1-2-11(16)13(18)19/h1-6H,7H2,(H2,15,17)(H,18,19). The minimum Gasteiger partial charge on any atom is -0.477 e. The first-order valence-electron chi connectivity index (χ1n) is 5.45. The Labute approximate surface area is 114 Å². The summed E-state index contributed by atoms with van der Waals surface area (Å²) in [5.74, 6) is -1.56. The third-order valence-corrected chi connectivity index (χ3v) is 3.08. The number of hydrogen-bond donors (Lipinski definition) is 2.